The molecule has 198 valence electrons. The highest BCUT2D eigenvalue weighted by atomic mass is 19.4. The van der Waals surface area contributed by atoms with Gasteiger partial charge in [0.15, 0.2) is 0 Å². The number of anilines is 1. The van der Waals surface area contributed by atoms with Gasteiger partial charge >= 0.3 is 6.18 Å². The first-order valence-corrected chi connectivity index (χ1v) is 12.5. The molecule has 6 nitrogen and oxygen atoms in total. The minimum atomic E-state index is -4.39. The van der Waals surface area contributed by atoms with E-state index in [1.54, 1.807) is 18.1 Å². The number of hydrogen-bond donors (Lipinski definition) is 0. The molecule has 1 fully saturated rings. The minimum absolute atomic E-state index is 0.0216. The van der Waals surface area contributed by atoms with Crippen molar-refractivity contribution in [3.63, 3.8) is 0 Å². The first-order valence-electron chi connectivity index (χ1n) is 12.5. The fourth-order valence-electron chi connectivity index (χ4n) is 5.08. The molecule has 0 bridgehead atoms. The Hall–Kier alpha value is -4.01. The van der Waals surface area contributed by atoms with Gasteiger partial charge in [0, 0.05) is 62.2 Å². The second-order valence-electron chi connectivity index (χ2n) is 9.53. The number of methoxy groups -OCH3 is 1. The number of halogens is 3. The normalized spacial score (nSPS) is 15.1. The molecule has 1 saturated heterocycles. The lowest BCUT2D eigenvalue weighted by Crippen LogP contribution is -2.49. The number of imidazole rings is 1. The minimum Gasteiger partial charge on any atom is -0.496 e. The van der Waals surface area contributed by atoms with Crippen LogP contribution in [-0.4, -0.2) is 53.5 Å². The molecule has 5 rings (SSSR count). The number of rotatable bonds is 6. The molecule has 4 aromatic rings. The van der Waals surface area contributed by atoms with E-state index >= 15 is 0 Å². The van der Waals surface area contributed by atoms with Crippen molar-refractivity contribution in [3.05, 3.63) is 95.4 Å². The molecule has 0 N–H and O–H groups in total. The molecule has 1 aliphatic heterocycles. The van der Waals surface area contributed by atoms with E-state index in [1.807, 2.05) is 65.0 Å². The molecule has 3 heterocycles. The zero-order valence-electron chi connectivity index (χ0n) is 21.3. The Morgan fingerprint density at radius 1 is 1.03 bits per heavy atom. The van der Waals surface area contributed by atoms with E-state index in [4.69, 9.17) is 4.74 Å². The zero-order valence-corrected chi connectivity index (χ0v) is 21.3. The number of aromatic nitrogens is 2. The summed E-state index contributed by atoms with van der Waals surface area (Å²) in [6.45, 7) is 3.79. The van der Waals surface area contributed by atoms with Crippen molar-refractivity contribution in [2.45, 2.75) is 25.4 Å². The van der Waals surface area contributed by atoms with E-state index < -0.39 is 11.7 Å². The van der Waals surface area contributed by atoms with Crippen LogP contribution in [0.4, 0.5) is 18.9 Å². The second-order valence-corrected chi connectivity index (χ2v) is 9.53. The fraction of sp³-hybridized carbons (Fsp3) is 0.310. The van der Waals surface area contributed by atoms with E-state index in [2.05, 4.69) is 4.98 Å². The largest absolute Gasteiger partial charge is 0.496 e. The summed E-state index contributed by atoms with van der Waals surface area (Å²) in [6, 6.07) is 17.0. The predicted molar refractivity (Wildman–Crippen MR) is 140 cm³/mol. The van der Waals surface area contributed by atoms with Crippen LogP contribution < -0.4 is 9.64 Å². The van der Waals surface area contributed by atoms with Gasteiger partial charge in [0.1, 0.15) is 11.4 Å². The number of carbonyl (C=O) groups is 1. The van der Waals surface area contributed by atoms with E-state index in [-0.39, 0.29) is 18.2 Å². The molecule has 38 heavy (non-hydrogen) atoms. The third kappa shape index (κ3) is 5.18. The van der Waals surface area contributed by atoms with Crippen molar-refractivity contribution < 1.29 is 22.7 Å². The van der Waals surface area contributed by atoms with Crippen molar-refractivity contribution in [3.8, 4) is 5.75 Å². The summed E-state index contributed by atoms with van der Waals surface area (Å²) in [5.41, 5.74) is 3.53. The standard InChI is InChI=1S/C29H29F3N4O2/c1-20-10-11-36-25(19-33-27(36)16-20)24(23-8-3-4-9-26(23)38-2)18-28(37)35-14-12-34(13-15-35)22-7-5-6-21(17-22)29(30,31)32/h3-11,16-17,19,24H,12-15,18H2,1-2H3. The summed E-state index contributed by atoms with van der Waals surface area (Å²) in [5.74, 6) is 0.381. The Morgan fingerprint density at radius 3 is 2.53 bits per heavy atom. The molecular formula is C29H29F3N4O2. The molecule has 2 aromatic heterocycles. The molecule has 0 radical (unpaired) electrons. The summed E-state index contributed by atoms with van der Waals surface area (Å²) in [6.07, 6.45) is -0.401. The summed E-state index contributed by atoms with van der Waals surface area (Å²) in [5, 5.41) is 0. The first kappa shape index (κ1) is 25.6. The van der Waals surface area contributed by atoms with Crippen molar-refractivity contribution in [2.75, 3.05) is 38.2 Å². The van der Waals surface area contributed by atoms with Gasteiger partial charge in [-0.3, -0.25) is 4.79 Å². The number of carbonyl (C=O) groups excluding carboxylic acids is 1. The number of nitrogens with zero attached hydrogens (tertiary/aromatic N) is 4. The molecule has 9 heteroatoms. The van der Waals surface area contributed by atoms with Gasteiger partial charge in [-0.2, -0.15) is 13.2 Å². The van der Waals surface area contributed by atoms with E-state index in [0.29, 0.717) is 37.6 Å². The first-order chi connectivity index (χ1) is 18.2. The molecule has 0 saturated carbocycles. The lowest BCUT2D eigenvalue weighted by Gasteiger charge is -2.37. The Labute approximate surface area is 219 Å². The van der Waals surface area contributed by atoms with Gasteiger partial charge in [-0.1, -0.05) is 24.3 Å². The third-order valence-electron chi connectivity index (χ3n) is 7.12. The number of ether oxygens (including phenoxy) is 1. The van der Waals surface area contributed by atoms with Crippen LogP contribution >= 0.6 is 0 Å². The fourth-order valence-corrected chi connectivity index (χ4v) is 5.08. The van der Waals surface area contributed by atoms with Crippen LogP contribution in [0.3, 0.4) is 0 Å². The maximum Gasteiger partial charge on any atom is 0.416 e. The monoisotopic (exact) mass is 522 g/mol. The molecule has 0 spiro atoms. The van der Waals surface area contributed by atoms with E-state index in [9.17, 15) is 18.0 Å². The van der Waals surface area contributed by atoms with E-state index in [1.165, 1.54) is 12.1 Å². The summed E-state index contributed by atoms with van der Waals surface area (Å²) in [7, 11) is 1.61. The molecule has 1 aliphatic rings. The third-order valence-corrected chi connectivity index (χ3v) is 7.12. The number of alkyl halides is 3. The lowest BCUT2D eigenvalue weighted by molar-refractivity contribution is -0.137. The lowest BCUT2D eigenvalue weighted by atomic mass is 9.91. The van der Waals surface area contributed by atoms with Crippen molar-refractivity contribution in [2.24, 2.45) is 0 Å². The average Bonchev–Trinajstić information content (AvgIpc) is 3.34. The van der Waals surface area contributed by atoms with Crippen LogP contribution in [0.15, 0.2) is 73.1 Å². The van der Waals surface area contributed by atoms with Crippen LogP contribution in [0.1, 0.15) is 34.7 Å². The van der Waals surface area contributed by atoms with Crippen molar-refractivity contribution in [1.82, 2.24) is 14.3 Å². The second kappa shape index (κ2) is 10.4. The van der Waals surface area contributed by atoms with Gasteiger partial charge < -0.3 is 18.9 Å². The van der Waals surface area contributed by atoms with Gasteiger partial charge in [-0.25, -0.2) is 4.98 Å². The number of amides is 1. The van der Waals surface area contributed by atoms with Crippen LogP contribution in [-0.2, 0) is 11.0 Å². The number of fused-ring (bicyclic) bond motifs is 1. The Balaban J connectivity index is 1.36. The summed E-state index contributed by atoms with van der Waals surface area (Å²) in [4.78, 5) is 21.8. The van der Waals surface area contributed by atoms with Crippen LogP contribution in [0, 0.1) is 6.92 Å². The highest BCUT2D eigenvalue weighted by Crippen LogP contribution is 2.36. The van der Waals surface area contributed by atoms with Gasteiger partial charge in [0.2, 0.25) is 5.91 Å². The molecule has 2 aromatic carbocycles. The molecule has 1 atom stereocenters. The van der Waals surface area contributed by atoms with Crippen LogP contribution in [0.5, 0.6) is 5.75 Å². The Kier molecular flexibility index (Phi) is 7.01. The maximum absolute atomic E-state index is 13.6. The van der Waals surface area contributed by atoms with Crippen LogP contribution in [0.2, 0.25) is 0 Å². The summed E-state index contributed by atoms with van der Waals surface area (Å²) >= 11 is 0. The Morgan fingerprint density at radius 2 is 1.79 bits per heavy atom. The number of pyridine rings is 1. The molecule has 1 amide bonds. The maximum atomic E-state index is 13.6. The average molecular weight is 523 g/mol. The Bertz CT molecular complexity index is 1440. The van der Waals surface area contributed by atoms with Gasteiger partial charge in [-0.15, -0.1) is 0 Å². The number of aryl methyl sites for hydroxylation is 1. The molecule has 1 unspecified atom stereocenters. The smallest absolute Gasteiger partial charge is 0.416 e. The number of piperazine rings is 1. The number of benzene rings is 2. The zero-order chi connectivity index (χ0) is 26.9. The van der Waals surface area contributed by atoms with Crippen molar-refractivity contribution in [1.29, 1.82) is 0 Å². The van der Waals surface area contributed by atoms with E-state index in [0.717, 1.165) is 28.5 Å². The molecule has 0 aliphatic carbocycles. The summed E-state index contributed by atoms with van der Waals surface area (Å²) < 4.78 is 47.1. The van der Waals surface area contributed by atoms with Gasteiger partial charge in [0.25, 0.3) is 0 Å². The van der Waals surface area contributed by atoms with Crippen LogP contribution in [0.25, 0.3) is 5.65 Å². The van der Waals surface area contributed by atoms with Crippen molar-refractivity contribution >= 4 is 17.2 Å². The number of hydrogen-bond acceptors (Lipinski definition) is 4. The van der Waals surface area contributed by atoms with Gasteiger partial charge in [0.05, 0.1) is 18.4 Å². The van der Waals surface area contributed by atoms with Gasteiger partial charge in [-0.05, 0) is 48.9 Å². The quantitative estimate of drug-likeness (QED) is 0.334. The SMILES string of the molecule is COc1ccccc1C(CC(=O)N1CCN(c2cccc(C(F)(F)F)c2)CC1)c1cnc2cc(C)ccn12. The highest BCUT2D eigenvalue weighted by Gasteiger charge is 2.32. The topological polar surface area (TPSA) is 50.1 Å². The number of para-hydroxylation sites is 1. The highest BCUT2D eigenvalue weighted by molar-refractivity contribution is 5.78. The predicted octanol–water partition coefficient (Wildman–Crippen LogP) is 5.54. The molecular weight excluding hydrogens is 493 g/mol.